The highest BCUT2D eigenvalue weighted by Gasteiger charge is 2.15. The highest BCUT2D eigenvalue weighted by atomic mass is 127. The van der Waals surface area contributed by atoms with Gasteiger partial charge in [-0.25, -0.2) is 4.39 Å². The van der Waals surface area contributed by atoms with E-state index in [-0.39, 0.29) is 5.82 Å². The van der Waals surface area contributed by atoms with Crippen LogP contribution in [-0.2, 0) is 6.42 Å². The molecule has 0 spiro atoms. The van der Waals surface area contributed by atoms with Gasteiger partial charge in [0, 0.05) is 16.2 Å². The summed E-state index contributed by atoms with van der Waals surface area (Å²) in [7, 11) is 0. The molecule has 1 N–H and O–H groups in total. The van der Waals surface area contributed by atoms with Crippen molar-refractivity contribution in [3.63, 3.8) is 0 Å². The fourth-order valence-electron chi connectivity index (χ4n) is 2.43. The van der Waals surface area contributed by atoms with Gasteiger partial charge in [-0.1, -0.05) is 19.9 Å². The minimum absolute atomic E-state index is 0.284. The lowest BCUT2D eigenvalue weighted by atomic mass is 10.1. The molecule has 2 rings (SSSR count). The Balaban J connectivity index is 2.11. The van der Waals surface area contributed by atoms with Crippen molar-refractivity contribution in [2.75, 3.05) is 0 Å². The molecule has 0 saturated heterocycles. The van der Waals surface area contributed by atoms with Crippen LogP contribution in [-0.4, -0.2) is 14.9 Å². The van der Waals surface area contributed by atoms with E-state index in [1.807, 2.05) is 39.5 Å². The number of hydrogen-bond donors (Lipinski definition) is 1. The standard InChI is InChI=1S/C16H20FIN2O/c1-3-13(4-2)20-8-7-12(19-20)10-16(21)14-6-5-11(17)9-15(14)18/h5-9,13,16,21H,3-4,10H2,1-2H3. The van der Waals surface area contributed by atoms with E-state index in [0.29, 0.717) is 12.5 Å². The van der Waals surface area contributed by atoms with Gasteiger partial charge in [0.1, 0.15) is 5.82 Å². The molecule has 1 aromatic heterocycles. The molecule has 0 amide bonds. The van der Waals surface area contributed by atoms with Crippen LogP contribution in [0.25, 0.3) is 0 Å². The van der Waals surface area contributed by atoms with Gasteiger partial charge < -0.3 is 5.11 Å². The number of aliphatic hydroxyl groups is 1. The van der Waals surface area contributed by atoms with Crippen LogP contribution >= 0.6 is 22.6 Å². The molecule has 5 heteroatoms. The van der Waals surface area contributed by atoms with E-state index >= 15 is 0 Å². The highest BCUT2D eigenvalue weighted by molar-refractivity contribution is 14.1. The Kier molecular flexibility index (Phi) is 5.75. The second-order valence-electron chi connectivity index (χ2n) is 5.14. The van der Waals surface area contributed by atoms with Gasteiger partial charge in [-0.3, -0.25) is 4.68 Å². The van der Waals surface area contributed by atoms with Crippen LogP contribution < -0.4 is 0 Å². The number of nitrogens with zero attached hydrogens (tertiary/aromatic N) is 2. The quantitative estimate of drug-likeness (QED) is 0.734. The zero-order valence-electron chi connectivity index (χ0n) is 12.3. The van der Waals surface area contributed by atoms with Crippen molar-refractivity contribution in [2.24, 2.45) is 0 Å². The highest BCUT2D eigenvalue weighted by Crippen LogP contribution is 2.24. The number of halogens is 2. The van der Waals surface area contributed by atoms with Gasteiger partial charge >= 0.3 is 0 Å². The maximum absolute atomic E-state index is 13.1. The summed E-state index contributed by atoms with van der Waals surface area (Å²) in [6.45, 7) is 4.29. The largest absolute Gasteiger partial charge is 0.388 e. The second-order valence-corrected chi connectivity index (χ2v) is 6.31. The molecular formula is C16H20FIN2O. The number of aliphatic hydroxyl groups excluding tert-OH is 1. The molecule has 0 aliphatic heterocycles. The van der Waals surface area contributed by atoms with Crippen molar-refractivity contribution in [1.29, 1.82) is 0 Å². The van der Waals surface area contributed by atoms with Crippen LogP contribution in [0.1, 0.15) is 50.1 Å². The van der Waals surface area contributed by atoms with E-state index in [1.165, 1.54) is 12.1 Å². The summed E-state index contributed by atoms with van der Waals surface area (Å²) in [6, 6.07) is 6.80. The number of benzene rings is 1. The van der Waals surface area contributed by atoms with E-state index < -0.39 is 6.10 Å². The first-order valence-electron chi connectivity index (χ1n) is 7.22. The molecule has 0 bridgehead atoms. The molecule has 3 nitrogen and oxygen atoms in total. The van der Waals surface area contributed by atoms with E-state index in [0.717, 1.165) is 27.7 Å². The van der Waals surface area contributed by atoms with Crippen LogP contribution in [0, 0.1) is 9.39 Å². The van der Waals surface area contributed by atoms with Gasteiger partial charge in [-0.05, 0) is 59.2 Å². The third-order valence-electron chi connectivity index (χ3n) is 3.70. The van der Waals surface area contributed by atoms with Gasteiger partial charge in [-0.15, -0.1) is 0 Å². The Labute approximate surface area is 138 Å². The first-order chi connectivity index (χ1) is 10.0. The molecule has 0 aliphatic carbocycles. The lowest BCUT2D eigenvalue weighted by molar-refractivity contribution is 0.175. The maximum atomic E-state index is 13.1. The Bertz CT molecular complexity index is 596. The van der Waals surface area contributed by atoms with Crippen LogP contribution in [0.2, 0.25) is 0 Å². The van der Waals surface area contributed by atoms with Gasteiger partial charge in [-0.2, -0.15) is 5.10 Å². The maximum Gasteiger partial charge on any atom is 0.124 e. The van der Waals surface area contributed by atoms with Crippen molar-refractivity contribution in [1.82, 2.24) is 9.78 Å². The molecule has 1 heterocycles. The van der Waals surface area contributed by atoms with Crippen molar-refractivity contribution in [3.05, 3.63) is 51.1 Å². The van der Waals surface area contributed by atoms with E-state index in [2.05, 4.69) is 18.9 Å². The van der Waals surface area contributed by atoms with E-state index in [9.17, 15) is 9.50 Å². The molecular weight excluding hydrogens is 382 g/mol. The summed E-state index contributed by atoms with van der Waals surface area (Å²) in [5.41, 5.74) is 1.60. The Hall–Kier alpha value is -0.950. The number of aromatic nitrogens is 2. The predicted molar refractivity (Wildman–Crippen MR) is 89.6 cm³/mol. The van der Waals surface area contributed by atoms with Gasteiger partial charge in [0.05, 0.1) is 17.8 Å². The second kappa shape index (κ2) is 7.35. The lowest BCUT2D eigenvalue weighted by Crippen LogP contribution is -2.09. The fourth-order valence-corrected chi connectivity index (χ4v) is 3.27. The average molecular weight is 402 g/mol. The smallest absolute Gasteiger partial charge is 0.124 e. The van der Waals surface area contributed by atoms with Crippen molar-refractivity contribution >= 4 is 22.6 Å². The van der Waals surface area contributed by atoms with E-state index in [4.69, 9.17) is 0 Å². The topological polar surface area (TPSA) is 38.0 Å². The molecule has 2 aromatic rings. The van der Waals surface area contributed by atoms with Gasteiger partial charge in [0.2, 0.25) is 0 Å². The summed E-state index contributed by atoms with van der Waals surface area (Å²) in [4.78, 5) is 0. The lowest BCUT2D eigenvalue weighted by Gasteiger charge is -2.13. The van der Waals surface area contributed by atoms with Crippen molar-refractivity contribution < 1.29 is 9.50 Å². The van der Waals surface area contributed by atoms with Crippen LogP contribution in [0.5, 0.6) is 0 Å². The number of rotatable bonds is 6. The molecule has 0 radical (unpaired) electrons. The molecule has 0 aliphatic rings. The van der Waals surface area contributed by atoms with Crippen LogP contribution in [0.15, 0.2) is 30.5 Å². The molecule has 1 aromatic carbocycles. The minimum atomic E-state index is -0.664. The fraction of sp³-hybridized carbons (Fsp3) is 0.438. The molecule has 0 fully saturated rings. The first kappa shape index (κ1) is 16.4. The van der Waals surface area contributed by atoms with Crippen molar-refractivity contribution in [2.45, 2.75) is 45.3 Å². The first-order valence-corrected chi connectivity index (χ1v) is 8.30. The Morgan fingerprint density at radius 3 is 2.62 bits per heavy atom. The predicted octanol–water partition coefficient (Wildman–Crippen LogP) is 4.26. The van der Waals surface area contributed by atoms with Crippen molar-refractivity contribution in [3.8, 4) is 0 Å². The van der Waals surface area contributed by atoms with Crippen LogP contribution in [0.4, 0.5) is 4.39 Å². The molecule has 114 valence electrons. The Morgan fingerprint density at radius 2 is 2.00 bits per heavy atom. The molecule has 1 atom stereocenters. The normalized spacial score (nSPS) is 12.9. The summed E-state index contributed by atoms with van der Waals surface area (Å²) < 4.78 is 15.8. The molecule has 1 unspecified atom stereocenters. The zero-order chi connectivity index (χ0) is 15.4. The van der Waals surface area contributed by atoms with Gasteiger partial charge in [0.15, 0.2) is 0 Å². The molecule has 21 heavy (non-hydrogen) atoms. The summed E-state index contributed by atoms with van der Waals surface area (Å²) in [5.74, 6) is -0.284. The summed E-state index contributed by atoms with van der Waals surface area (Å²) in [5, 5.41) is 14.9. The Morgan fingerprint density at radius 1 is 1.29 bits per heavy atom. The zero-order valence-corrected chi connectivity index (χ0v) is 14.4. The third kappa shape index (κ3) is 4.03. The minimum Gasteiger partial charge on any atom is -0.388 e. The third-order valence-corrected chi connectivity index (χ3v) is 4.64. The van der Waals surface area contributed by atoms with E-state index in [1.54, 1.807) is 6.07 Å². The number of hydrogen-bond acceptors (Lipinski definition) is 2. The summed E-state index contributed by atoms with van der Waals surface area (Å²) >= 11 is 2.05. The average Bonchev–Trinajstić information content (AvgIpc) is 2.88. The van der Waals surface area contributed by atoms with Gasteiger partial charge in [0.25, 0.3) is 0 Å². The monoisotopic (exact) mass is 402 g/mol. The molecule has 0 saturated carbocycles. The van der Waals surface area contributed by atoms with Crippen LogP contribution in [0.3, 0.4) is 0 Å². The summed E-state index contributed by atoms with van der Waals surface area (Å²) in [6.07, 6.45) is 3.82. The SMILES string of the molecule is CCC(CC)n1ccc(CC(O)c2ccc(F)cc2I)n1.